The van der Waals surface area contributed by atoms with Crippen molar-refractivity contribution in [3.63, 3.8) is 0 Å². The van der Waals surface area contributed by atoms with Crippen LogP contribution in [0.5, 0.6) is 0 Å². The third-order valence-electron chi connectivity index (χ3n) is 5.46. The van der Waals surface area contributed by atoms with E-state index in [1.54, 1.807) is 54.6 Å². The molecule has 3 rings (SSSR count). The van der Waals surface area contributed by atoms with E-state index in [-0.39, 0.29) is 27.3 Å². The minimum atomic E-state index is -4.19. The van der Waals surface area contributed by atoms with Crippen molar-refractivity contribution < 1.29 is 34.7 Å². The number of esters is 1. The Hall–Kier alpha value is -2.57. The number of rotatable bonds is 12. The summed E-state index contributed by atoms with van der Waals surface area (Å²) in [5.41, 5.74) is 0.667. The summed E-state index contributed by atoms with van der Waals surface area (Å²) in [4.78, 5) is 12.4. The summed E-state index contributed by atoms with van der Waals surface area (Å²) in [5, 5.41) is 0.00883. The van der Waals surface area contributed by atoms with E-state index >= 15 is 0 Å². The van der Waals surface area contributed by atoms with Crippen LogP contribution in [0.1, 0.15) is 21.5 Å². The summed E-state index contributed by atoms with van der Waals surface area (Å²) < 4.78 is 67.3. The first-order valence-electron chi connectivity index (χ1n) is 11.2. The normalized spacial score (nSPS) is 12.3. The van der Waals surface area contributed by atoms with Crippen LogP contribution in [0.4, 0.5) is 0 Å². The van der Waals surface area contributed by atoms with E-state index in [9.17, 15) is 21.6 Å². The van der Waals surface area contributed by atoms with Gasteiger partial charge < -0.3 is 4.74 Å². The Morgan fingerprint density at radius 2 is 1.14 bits per heavy atom. The highest BCUT2D eigenvalue weighted by Crippen LogP contribution is 2.28. The SMILES string of the molecule is Cc1ccc(S(=O)(=O)OCC(CBr)(COC(=O)c2ccccc2)COS(=O)(=O)c2ccc(C)cc2)cc1. The maximum atomic E-state index is 12.8. The molecule has 0 fully saturated rings. The molecule has 0 N–H and O–H groups in total. The lowest BCUT2D eigenvalue weighted by Gasteiger charge is -2.30. The number of aryl methyl sites for hydroxylation is 2. The molecule has 0 bridgehead atoms. The number of hydrogen-bond acceptors (Lipinski definition) is 8. The molecule has 3 aromatic rings. The molecule has 8 nitrogen and oxygen atoms in total. The monoisotopic (exact) mass is 610 g/mol. The number of ether oxygens (including phenoxy) is 1. The second-order valence-corrected chi connectivity index (χ2v) is 12.4. The Kier molecular flexibility index (Phi) is 9.65. The summed E-state index contributed by atoms with van der Waals surface area (Å²) in [6, 6.07) is 20.4. The van der Waals surface area contributed by atoms with Crippen molar-refractivity contribution in [2.45, 2.75) is 23.6 Å². The van der Waals surface area contributed by atoms with Gasteiger partial charge in [-0.15, -0.1) is 0 Å². The molecule has 0 radical (unpaired) electrons. The Bertz CT molecular complexity index is 1320. The summed E-state index contributed by atoms with van der Waals surface area (Å²) in [5.74, 6) is -0.659. The second-order valence-electron chi connectivity index (χ2n) is 8.63. The molecule has 198 valence electrons. The van der Waals surface area contributed by atoms with Crippen LogP contribution in [0.3, 0.4) is 0 Å². The van der Waals surface area contributed by atoms with Gasteiger partial charge in [-0.1, -0.05) is 69.5 Å². The lowest BCUT2D eigenvalue weighted by atomic mass is 9.94. The fourth-order valence-corrected chi connectivity index (χ4v) is 5.57. The van der Waals surface area contributed by atoms with Gasteiger partial charge in [-0.3, -0.25) is 8.37 Å². The molecule has 0 aliphatic carbocycles. The van der Waals surface area contributed by atoms with Gasteiger partial charge in [0.2, 0.25) is 0 Å². The highest BCUT2D eigenvalue weighted by molar-refractivity contribution is 9.09. The quantitative estimate of drug-likeness (QED) is 0.165. The van der Waals surface area contributed by atoms with Crippen LogP contribution in [-0.4, -0.2) is 48.0 Å². The molecule has 0 aliphatic heterocycles. The standard InChI is InChI=1S/C26H27BrO8S2/c1-20-8-12-23(13-9-20)36(29,30)34-18-26(16-27,17-33-25(28)22-6-4-3-5-7-22)19-35-37(31,32)24-14-10-21(2)11-15-24/h3-15H,16-19H2,1-2H3. The zero-order chi connectivity index (χ0) is 27.1. The van der Waals surface area contributed by atoms with E-state index < -0.39 is 44.8 Å². The van der Waals surface area contributed by atoms with Crippen molar-refractivity contribution in [1.82, 2.24) is 0 Å². The number of halogens is 1. The maximum Gasteiger partial charge on any atom is 0.338 e. The first-order chi connectivity index (χ1) is 17.5. The maximum absolute atomic E-state index is 12.8. The third-order valence-corrected chi connectivity index (χ3v) is 9.21. The zero-order valence-corrected chi connectivity index (χ0v) is 23.5. The molecular weight excluding hydrogens is 584 g/mol. The molecule has 0 heterocycles. The van der Waals surface area contributed by atoms with Gasteiger partial charge >= 0.3 is 5.97 Å². The highest BCUT2D eigenvalue weighted by Gasteiger charge is 2.37. The first kappa shape index (κ1) is 29.0. The molecule has 0 atom stereocenters. The molecule has 0 spiro atoms. The minimum Gasteiger partial charge on any atom is -0.461 e. The Balaban J connectivity index is 1.83. The topological polar surface area (TPSA) is 113 Å². The predicted molar refractivity (Wildman–Crippen MR) is 142 cm³/mol. The molecule has 3 aromatic carbocycles. The third kappa shape index (κ3) is 7.96. The van der Waals surface area contributed by atoms with Crippen LogP contribution in [0.15, 0.2) is 88.7 Å². The van der Waals surface area contributed by atoms with Crippen LogP contribution < -0.4 is 0 Å². The predicted octanol–water partition coefficient (Wildman–Crippen LogP) is 4.65. The number of benzene rings is 3. The minimum absolute atomic E-state index is 0.00883. The molecule has 0 amide bonds. The van der Waals surface area contributed by atoms with Crippen molar-refractivity contribution in [3.8, 4) is 0 Å². The Labute approximate surface area is 226 Å². The van der Waals surface area contributed by atoms with E-state index in [2.05, 4.69) is 15.9 Å². The summed E-state index contributed by atoms with van der Waals surface area (Å²) >= 11 is 3.31. The fourth-order valence-electron chi connectivity index (χ4n) is 3.07. The van der Waals surface area contributed by atoms with Gasteiger partial charge in [0.1, 0.15) is 6.61 Å². The van der Waals surface area contributed by atoms with Crippen molar-refractivity contribution in [3.05, 3.63) is 95.6 Å². The average molecular weight is 612 g/mol. The van der Waals surface area contributed by atoms with Crippen LogP contribution in [0.2, 0.25) is 0 Å². The van der Waals surface area contributed by atoms with Crippen LogP contribution in [0.25, 0.3) is 0 Å². The average Bonchev–Trinajstić information content (AvgIpc) is 2.89. The van der Waals surface area contributed by atoms with Gasteiger partial charge in [0.05, 0.1) is 34.0 Å². The number of carbonyl (C=O) groups excluding carboxylic acids is 1. The molecule has 0 aromatic heterocycles. The fraction of sp³-hybridized carbons (Fsp3) is 0.269. The van der Waals surface area contributed by atoms with Gasteiger partial charge in [-0.05, 0) is 50.2 Å². The van der Waals surface area contributed by atoms with Crippen LogP contribution in [-0.2, 0) is 33.3 Å². The zero-order valence-electron chi connectivity index (χ0n) is 20.3. The highest BCUT2D eigenvalue weighted by atomic mass is 79.9. The molecule has 0 saturated carbocycles. The molecule has 11 heteroatoms. The van der Waals surface area contributed by atoms with Crippen molar-refractivity contribution in [1.29, 1.82) is 0 Å². The summed E-state index contributed by atoms with van der Waals surface area (Å²) in [6.07, 6.45) is 0. The number of carbonyl (C=O) groups is 1. The lowest BCUT2D eigenvalue weighted by molar-refractivity contribution is 0.00802. The van der Waals surface area contributed by atoms with E-state index in [1.807, 2.05) is 13.8 Å². The molecule has 37 heavy (non-hydrogen) atoms. The lowest BCUT2D eigenvalue weighted by Crippen LogP contribution is -2.41. The number of hydrogen-bond donors (Lipinski definition) is 0. The largest absolute Gasteiger partial charge is 0.461 e. The van der Waals surface area contributed by atoms with Gasteiger partial charge in [0.15, 0.2) is 0 Å². The van der Waals surface area contributed by atoms with Gasteiger partial charge in [-0.2, -0.15) is 16.8 Å². The van der Waals surface area contributed by atoms with Crippen LogP contribution in [0, 0.1) is 19.3 Å². The van der Waals surface area contributed by atoms with Gasteiger partial charge in [0.25, 0.3) is 20.2 Å². The number of alkyl halides is 1. The summed E-state index contributed by atoms with van der Waals surface area (Å²) in [6.45, 7) is 2.23. The molecule has 0 saturated heterocycles. The molecule has 0 unspecified atom stereocenters. The first-order valence-corrected chi connectivity index (χ1v) is 15.1. The second kappa shape index (κ2) is 12.3. The van der Waals surface area contributed by atoms with Crippen LogP contribution >= 0.6 is 15.9 Å². The summed E-state index contributed by atoms with van der Waals surface area (Å²) in [7, 11) is -8.38. The van der Waals surface area contributed by atoms with E-state index in [0.29, 0.717) is 0 Å². The van der Waals surface area contributed by atoms with E-state index in [0.717, 1.165) is 11.1 Å². The van der Waals surface area contributed by atoms with Crippen molar-refractivity contribution >= 4 is 42.1 Å². The van der Waals surface area contributed by atoms with Crippen molar-refractivity contribution in [2.75, 3.05) is 25.2 Å². The van der Waals surface area contributed by atoms with Gasteiger partial charge in [-0.25, -0.2) is 4.79 Å². The van der Waals surface area contributed by atoms with Gasteiger partial charge in [0, 0.05) is 5.33 Å². The molecule has 0 aliphatic rings. The Morgan fingerprint density at radius 1 is 0.703 bits per heavy atom. The smallest absolute Gasteiger partial charge is 0.338 e. The van der Waals surface area contributed by atoms with E-state index in [4.69, 9.17) is 13.1 Å². The van der Waals surface area contributed by atoms with Crippen molar-refractivity contribution in [2.24, 2.45) is 5.41 Å². The molecular formula is C26H27BrO8S2. The van der Waals surface area contributed by atoms with E-state index in [1.165, 1.54) is 24.3 Å². The Morgan fingerprint density at radius 3 is 1.54 bits per heavy atom.